The lowest BCUT2D eigenvalue weighted by molar-refractivity contribution is -0.00728. The highest BCUT2D eigenvalue weighted by atomic mass is 16.7. The van der Waals surface area contributed by atoms with Gasteiger partial charge >= 0.3 is 0 Å². The molecular weight excluding hydrogens is 318 g/mol. The molecule has 0 amide bonds. The van der Waals surface area contributed by atoms with E-state index in [4.69, 9.17) is 4.84 Å². The summed E-state index contributed by atoms with van der Waals surface area (Å²) in [4.78, 5) is 5.94. The SMILES string of the molecule is CC1(c2ccc3ccccc3c2)CC(c2ccc3ccccc3c2)=NO1. The van der Waals surface area contributed by atoms with E-state index in [0.717, 1.165) is 23.3 Å². The van der Waals surface area contributed by atoms with Gasteiger partial charge in [-0.05, 0) is 46.2 Å². The summed E-state index contributed by atoms with van der Waals surface area (Å²) >= 11 is 0. The highest BCUT2D eigenvalue weighted by Crippen LogP contribution is 2.37. The molecule has 1 atom stereocenters. The monoisotopic (exact) mass is 337 g/mol. The average molecular weight is 337 g/mol. The van der Waals surface area contributed by atoms with Gasteiger partial charge in [0.05, 0.1) is 5.71 Å². The first-order chi connectivity index (χ1) is 12.7. The molecule has 0 spiro atoms. The molecule has 0 aromatic heterocycles. The van der Waals surface area contributed by atoms with Gasteiger partial charge in [0.2, 0.25) is 0 Å². The molecule has 5 rings (SSSR count). The van der Waals surface area contributed by atoms with Crippen molar-refractivity contribution in [3.63, 3.8) is 0 Å². The third-order valence-electron chi connectivity index (χ3n) is 5.30. The maximum atomic E-state index is 5.94. The molecule has 1 unspecified atom stereocenters. The zero-order valence-corrected chi connectivity index (χ0v) is 14.6. The van der Waals surface area contributed by atoms with Crippen LogP contribution in [0.4, 0.5) is 0 Å². The van der Waals surface area contributed by atoms with Crippen LogP contribution in [0.2, 0.25) is 0 Å². The molecule has 1 aliphatic heterocycles. The second-order valence-corrected chi connectivity index (χ2v) is 7.16. The van der Waals surface area contributed by atoms with Crippen LogP contribution in [0.3, 0.4) is 0 Å². The average Bonchev–Trinajstić information content (AvgIpc) is 3.11. The highest BCUT2D eigenvalue weighted by molar-refractivity contribution is 6.04. The second-order valence-electron chi connectivity index (χ2n) is 7.16. The van der Waals surface area contributed by atoms with Gasteiger partial charge in [-0.1, -0.05) is 78.0 Å². The van der Waals surface area contributed by atoms with Crippen LogP contribution in [0.5, 0.6) is 0 Å². The number of hydrogen-bond acceptors (Lipinski definition) is 2. The molecule has 0 bridgehead atoms. The van der Waals surface area contributed by atoms with Gasteiger partial charge in [-0.3, -0.25) is 0 Å². The first kappa shape index (κ1) is 15.2. The minimum Gasteiger partial charge on any atom is -0.384 e. The first-order valence-corrected chi connectivity index (χ1v) is 8.95. The zero-order chi connectivity index (χ0) is 17.6. The van der Waals surface area contributed by atoms with E-state index < -0.39 is 5.60 Å². The normalized spacial score (nSPS) is 19.5. The van der Waals surface area contributed by atoms with E-state index in [9.17, 15) is 0 Å². The molecule has 4 aromatic carbocycles. The van der Waals surface area contributed by atoms with E-state index in [0.29, 0.717) is 0 Å². The van der Waals surface area contributed by atoms with E-state index in [1.54, 1.807) is 0 Å². The maximum Gasteiger partial charge on any atom is 0.165 e. The van der Waals surface area contributed by atoms with Crippen LogP contribution in [0.15, 0.2) is 90.1 Å². The molecule has 4 aromatic rings. The van der Waals surface area contributed by atoms with Gasteiger partial charge in [-0.15, -0.1) is 0 Å². The third-order valence-corrected chi connectivity index (χ3v) is 5.30. The quantitative estimate of drug-likeness (QED) is 0.437. The number of nitrogens with zero attached hydrogens (tertiary/aromatic N) is 1. The summed E-state index contributed by atoms with van der Waals surface area (Å²) in [5.41, 5.74) is 2.88. The molecule has 126 valence electrons. The minimum absolute atomic E-state index is 0.426. The van der Waals surface area contributed by atoms with Crippen molar-refractivity contribution in [1.82, 2.24) is 0 Å². The maximum absolute atomic E-state index is 5.94. The number of fused-ring (bicyclic) bond motifs is 2. The molecule has 0 radical (unpaired) electrons. The summed E-state index contributed by atoms with van der Waals surface area (Å²) in [6.07, 6.45) is 0.768. The molecular formula is C24H19NO. The Morgan fingerprint density at radius 2 is 1.35 bits per heavy atom. The predicted molar refractivity (Wildman–Crippen MR) is 107 cm³/mol. The molecule has 1 heterocycles. The van der Waals surface area contributed by atoms with Crippen molar-refractivity contribution in [2.45, 2.75) is 18.9 Å². The fourth-order valence-corrected chi connectivity index (χ4v) is 3.74. The van der Waals surface area contributed by atoms with Crippen LogP contribution in [0, 0.1) is 0 Å². The Hall–Kier alpha value is -3.13. The standard InChI is InChI=1S/C24H19NO/c1-24(22-13-12-18-7-3-5-9-20(18)15-22)16-23(25-26-24)21-11-10-17-6-2-4-8-19(17)14-21/h2-15H,16H2,1H3. The van der Waals surface area contributed by atoms with Gasteiger partial charge in [-0.25, -0.2) is 0 Å². The van der Waals surface area contributed by atoms with Crippen LogP contribution < -0.4 is 0 Å². The predicted octanol–water partition coefficient (Wildman–Crippen LogP) is 6.03. The summed E-state index contributed by atoms with van der Waals surface area (Å²) < 4.78 is 0. The molecule has 0 saturated heterocycles. The van der Waals surface area contributed by atoms with Crippen LogP contribution >= 0.6 is 0 Å². The van der Waals surface area contributed by atoms with E-state index in [1.165, 1.54) is 21.5 Å². The van der Waals surface area contributed by atoms with E-state index in [1.807, 2.05) is 0 Å². The molecule has 26 heavy (non-hydrogen) atoms. The molecule has 0 N–H and O–H groups in total. The van der Waals surface area contributed by atoms with E-state index >= 15 is 0 Å². The Bertz CT molecular complexity index is 1160. The molecule has 0 aliphatic carbocycles. The molecule has 2 nitrogen and oxygen atoms in total. The van der Waals surface area contributed by atoms with Gasteiger partial charge in [0.1, 0.15) is 0 Å². The highest BCUT2D eigenvalue weighted by Gasteiger charge is 2.36. The van der Waals surface area contributed by atoms with Crippen LogP contribution in [0.1, 0.15) is 24.5 Å². The summed E-state index contributed by atoms with van der Waals surface area (Å²) in [7, 11) is 0. The number of rotatable bonds is 2. The van der Waals surface area contributed by atoms with E-state index in [-0.39, 0.29) is 0 Å². The Kier molecular flexibility index (Phi) is 3.32. The second kappa shape index (κ2) is 5.70. The van der Waals surface area contributed by atoms with Crippen molar-refractivity contribution in [1.29, 1.82) is 0 Å². The topological polar surface area (TPSA) is 21.6 Å². The third kappa shape index (κ3) is 2.46. The van der Waals surface area contributed by atoms with Crippen molar-refractivity contribution in [2.24, 2.45) is 5.16 Å². The van der Waals surface area contributed by atoms with Gasteiger partial charge < -0.3 is 4.84 Å². The smallest absolute Gasteiger partial charge is 0.165 e. The minimum atomic E-state index is -0.426. The van der Waals surface area contributed by atoms with Crippen molar-refractivity contribution in [3.05, 3.63) is 96.1 Å². The lowest BCUT2D eigenvalue weighted by Crippen LogP contribution is -2.21. The van der Waals surface area contributed by atoms with Crippen molar-refractivity contribution in [2.75, 3.05) is 0 Å². The zero-order valence-electron chi connectivity index (χ0n) is 14.6. The summed E-state index contributed by atoms with van der Waals surface area (Å²) in [6.45, 7) is 2.12. The van der Waals surface area contributed by atoms with E-state index in [2.05, 4.69) is 97.0 Å². The van der Waals surface area contributed by atoms with Gasteiger partial charge in [0.15, 0.2) is 5.60 Å². The van der Waals surface area contributed by atoms with Gasteiger partial charge in [-0.2, -0.15) is 0 Å². The summed E-state index contributed by atoms with van der Waals surface area (Å²) in [5, 5.41) is 9.39. The molecule has 0 saturated carbocycles. The van der Waals surface area contributed by atoms with Crippen LogP contribution in [0.25, 0.3) is 21.5 Å². The van der Waals surface area contributed by atoms with Gasteiger partial charge in [0, 0.05) is 12.0 Å². The first-order valence-electron chi connectivity index (χ1n) is 8.95. The number of oxime groups is 1. The Labute approximate surface area is 152 Å². The Balaban J connectivity index is 1.48. The largest absolute Gasteiger partial charge is 0.384 e. The van der Waals surface area contributed by atoms with Crippen molar-refractivity contribution < 1.29 is 4.84 Å². The van der Waals surface area contributed by atoms with Crippen molar-refractivity contribution >= 4 is 27.3 Å². The lowest BCUT2D eigenvalue weighted by atomic mass is 9.87. The molecule has 1 aliphatic rings. The lowest BCUT2D eigenvalue weighted by Gasteiger charge is -2.22. The summed E-state index contributed by atoms with van der Waals surface area (Å²) in [5.74, 6) is 0. The van der Waals surface area contributed by atoms with Crippen molar-refractivity contribution in [3.8, 4) is 0 Å². The molecule has 2 heteroatoms. The van der Waals surface area contributed by atoms with Gasteiger partial charge in [0.25, 0.3) is 0 Å². The Morgan fingerprint density at radius 3 is 2.08 bits per heavy atom. The number of benzene rings is 4. The fraction of sp³-hybridized carbons (Fsp3) is 0.125. The molecule has 0 fully saturated rings. The summed E-state index contributed by atoms with van der Waals surface area (Å²) in [6, 6.07) is 29.8. The fourth-order valence-electron chi connectivity index (χ4n) is 3.74. The van der Waals surface area contributed by atoms with Crippen LogP contribution in [-0.2, 0) is 10.4 Å². The Morgan fingerprint density at radius 1 is 0.731 bits per heavy atom. The van der Waals surface area contributed by atoms with Crippen LogP contribution in [-0.4, -0.2) is 5.71 Å². The number of hydrogen-bond donors (Lipinski definition) is 0.